The number of rotatable bonds is 4. The molecule has 0 amide bonds. The van der Waals surface area contributed by atoms with Crippen molar-refractivity contribution >= 4 is 10.2 Å². The van der Waals surface area contributed by atoms with Crippen molar-refractivity contribution in [2.24, 2.45) is 0 Å². The monoisotopic (exact) mass is 369 g/mol. The van der Waals surface area contributed by atoms with Crippen molar-refractivity contribution in [2.45, 2.75) is 25.5 Å². The van der Waals surface area contributed by atoms with Gasteiger partial charge in [-0.3, -0.25) is 0 Å². The highest BCUT2D eigenvalue weighted by Gasteiger charge is 2.41. The maximum absolute atomic E-state index is 13.3. The molecule has 2 saturated heterocycles. The van der Waals surface area contributed by atoms with E-state index in [0.717, 1.165) is 5.56 Å². The number of piperazine rings is 1. The molecule has 0 spiro atoms. The Kier molecular flexibility index (Phi) is 5.36. The molecule has 0 bridgehead atoms. The van der Waals surface area contributed by atoms with E-state index >= 15 is 0 Å². The number of benzene rings is 1. The summed E-state index contributed by atoms with van der Waals surface area (Å²) in [6.07, 6.45) is 0. The van der Waals surface area contributed by atoms with Gasteiger partial charge in [0.15, 0.2) is 0 Å². The molecule has 25 heavy (non-hydrogen) atoms. The van der Waals surface area contributed by atoms with Gasteiger partial charge in [0.05, 0.1) is 25.4 Å². The molecule has 0 aliphatic carbocycles. The van der Waals surface area contributed by atoms with Gasteiger partial charge in [-0.15, -0.1) is 0 Å². The summed E-state index contributed by atoms with van der Waals surface area (Å²) >= 11 is 0. The predicted octanol–water partition coefficient (Wildman–Crippen LogP) is 0.997. The van der Waals surface area contributed by atoms with Crippen molar-refractivity contribution in [3.8, 4) is 5.75 Å². The Balaban J connectivity index is 1.92. The number of hydrogen-bond acceptors (Lipinski definition) is 5. The average Bonchev–Trinajstić information content (AvgIpc) is 2.61. The lowest BCUT2D eigenvalue weighted by atomic mass is 10.0. The Labute approximate surface area is 150 Å². The molecule has 1 aromatic carbocycles. The lowest BCUT2D eigenvalue weighted by Gasteiger charge is -2.43. The van der Waals surface area contributed by atoms with Crippen LogP contribution in [0.15, 0.2) is 24.3 Å². The van der Waals surface area contributed by atoms with E-state index in [1.807, 2.05) is 38.1 Å². The number of ether oxygens (including phenoxy) is 2. The molecular weight excluding hydrogens is 342 g/mol. The largest absolute Gasteiger partial charge is 0.496 e. The normalized spacial score (nSPS) is 25.6. The van der Waals surface area contributed by atoms with Gasteiger partial charge in [-0.05, 0) is 19.9 Å². The molecule has 2 aliphatic rings. The molecule has 140 valence electrons. The molecule has 8 heteroatoms. The van der Waals surface area contributed by atoms with E-state index in [-0.39, 0.29) is 6.04 Å². The van der Waals surface area contributed by atoms with Crippen LogP contribution >= 0.6 is 0 Å². The van der Waals surface area contributed by atoms with Gasteiger partial charge in [0.2, 0.25) is 0 Å². The first kappa shape index (κ1) is 18.6. The van der Waals surface area contributed by atoms with Gasteiger partial charge in [-0.1, -0.05) is 18.2 Å². The third-order valence-electron chi connectivity index (χ3n) is 4.71. The molecule has 1 aromatic rings. The molecule has 2 fully saturated rings. The van der Waals surface area contributed by atoms with Gasteiger partial charge in [0, 0.05) is 38.3 Å². The van der Waals surface area contributed by atoms with Crippen LogP contribution < -0.4 is 10.1 Å². The molecular formula is C17H27N3O4S. The van der Waals surface area contributed by atoms with Gasteiger partial charge in [-0.2, -0.15) is 17.0 Å². The Morgan fingerprint density at radius 2 is 2.04 bits per heavy atom. The zero-order chi connectivity index (χ0) is 18.1. The van der Waals surface area contributed by atoms with E-state index in [2.05, 4.69) is 5.32 Å². The lowest BCUT2D eigenvalue weighted by molar-refractivity contribution is -0.0656. The molecule has 1 N–H and O–H groups in total. The molecule has 2 heterocycles. The number of methoxy groups -OCH3 is 1. The molecule has 0 saturated carbocycles. The predicted molar refractivity (Wildman–Crippen MR) is 95.8 cm³/mol. The third kappa shape index (κ3) is 3.83. The van der Waals surface area contributed by atoms with Crippen LogP contribution in [0.1, 0.15) is 25.5 Å². The van der Waals surface area contributed by atoms with Gasteiger partial charge in [-0.25, -0.2) is 0 Å². The summed E-state index contributed by atoms with van der Waals surface area (Å²) in [5, 5.41) is 3.30. The summed E-state index contributed by atoms with van der Waals surface area (Å²) in [5.41, 5.74) is 0.410. The van der Waals surface area contributed by atoms with Gasteiger partial charge < -0.3 is 14.8 Å². The second kappa shape index (κ2) is 7.20. The Morgan fingerprint density at radius 3 is 2.76 bits per heavy atom. The first-order valence-electron chi connectivity index (χ1n) is 8.60. The van der Waals surface area contributed by atoms with E-state index < -0.39 is 15.8 Å². The fourth-order valence-electron chi connectivity index (χ4n) is 3.49. The number of hydrogen-bond donors (Lipinski definition) is 1. The van der Waals surface area contributed by atoms with Gasteiger partial charge >= 0.3 is 0 Å². The molecule has 0 aromatic heterocycles. The zero-order valence-corrected chi connectivity index (χ0v) is 15.9. The Morgan fingerprint density at radius 1 is 1.28 bits per heavy atom. The third-order valence-corrected chi connectivity index (χ3v) is 6.70. The minimum atomic E-state index is -3.59. The topological polar surface area (TPSA) is 71.1 Å². The first-order valence-corrected chi connectivity index (χ1v) is 9.99. The maximum atomic E-state index is 13.3. The van der Waals surface area contributed by atoms with Crippen LogP contribution in [0.25, 0.3) is 0 Å². The van der Waals surface area contributed by atoms with Crippen LogP contribution in [0, 0.1) is 0 Å². The summed E-state index contributed by atoms with van der Waals surface area (Å²) in [5.74, 6) is 0.707. The zero-order valence-electron chi connectivity index (χ0n) is 15.1. The quantitative estimate of drug-likeness (QED) is 0.857. The van der Waals surface area contributed by atoms with Crippen molar-refractivity contribution in [2.75, 3.05) is 46.4 Å². The molecule has 7 nitrogen and oxygen atoms in total. The van der Waals surface area contributed by atoms with Crippen molar-refractivity contribution in [1.29, 1.82) is 0 Å². The average molecular weight is 369 g/mol. The van der Waals surface area contributed by atoms with E-state index in [1.165, 1.54) is 0 Å². The summed E-state index contributed by atoms with van der Waals surface area (Å²) < 4.78 is 40.9. The summed E-state index contributed by atoms with van der Waals surface area (Å²) in [7, 11) is -1.98. The minimum absolute atomic E-state index is 0.291. The van der Waals surface area contributed by atoms with Crippen LogP contribution in [0.3, 0.4) is 0 Å². The fourth-order valence-corrected chi connectivity index (χ4v) is 5.39. The van der Waals surface area contributed by atoms with Crippen molar-refractivity contribution in [3.05, 3.63) is 29.8 Å². The van der Waals surface area contributed by atoms with Gasteiger partial charge in [0.25, 0.3) is 10.2 Å². The fraction of sp³-hybridized carbons (Fsp3) is 0.647. The number of para-hydroxylation sites is 1. The van der Waals surface area contributed by atoms with E-state index in [4.69, 9.17) is 9.47 Å². The van der Waals surface area contributed by atoms with Crippen LogP contribution in [0.5, 0.6) is 5.75 Å². The Bertz CT molecular complexity index is 708. The number of nitrogens with zero attached hydrogens (tertiary/aromatic N) is 2. The van der Waals surface area contributed by atoms with Crippen molar-refractivity contribution in [1.82, 2.24) is 13.9 Å². The first-order chi connectivity index (χ1) is 11.8. The van der Waals surface area contributed by atoms with Crippen LogP contribution in [0.2, 0.25) is 0 Å². The SMILES string of the molecule is COc1ccccc1C1CNCCN1S(=O)(=O)N1CCOC(C)(C)C1. The summed E-state index contributed by atoms with van der Waals surface area (Å²) in [6.45, 7) is 6.63. The van der Waals surface area contributed by atoms with Crippen molar-refractivity contribution in [3.63, 3.8) is 0 Å². The van der Waals surface area contributed by atoms with Crippen LogP contribution in [0.4, 0.5) is 0 Å². The van der Waals surface area contributed by atoms with E-state index in [0.29, 0.717) is 45.1 Å². The highest BCUT2D eigenvalue weighted by atomic mass is 32.2. The van der Waals surface area contributed by atoms with E-state index in [9.17, 15) is 8.42 Å². The molecule has 1 atom stereocenters. The second-order valence-corrected chi connectivity index (χ2v) is 8.90. The summed E-state index contributed by atoms with van der Waals surface area (Å²) in [4.78, 5) is 0. The van der Waals surface area contributed by atoms with Crippen LogP contribution in [-0.2, 0) is 14.9 Å². The summed E-state index contributed by atoms with van der Waals surface area (Å²) in [6, 6.07) is 7.31. The molecule has 0 radical (unpaired) electrons. The van der Waals surface area contributed by atoms with E-state index in [1.54, 1.807) is 15.7 Å². The van der Waals surface area contributed by atoms with Gasteiger partial charge in [0.1, 0.15) is 5.75 Å². The molecule has 3 rings (SSSR count). The second-order valence-electron chi connectivity index (χ2n) is 7.02. The highest BCUT2D eigenvalue weighted by Crippen LogP contribution is 2.33. The number of nitrogens with one attached hydrogen (secondary N) is 1. The minimum Gasteiger partial charge on any atom is -0.496 e. The molecule has 2 aliphatic heterocycles. The highest BCUT2D eigenvalue weighted by molar-refractivity contribution is 7.86. The molecule has 1 unspecified atom stereocenters. The Hall–Kier alpha value is -1.19. The smallest absolute Gasteiger partial charge is 0.282 e. The van der Waals surface area contributed by atoms with Crippen molar-refractivity contribution < 1.29 is 17.9 Å². The van der Waals surface area contributed by atoms with Crippen LogP contribution in [-0.4, -0.2) is 69.1 Å². The lowest BCUT2D eigenvalue weighted by Crippen LogP contribution is -2.58. The maximum Gasteiger partial charge on any atom is 0.282 e. The standard InChI is InChI=1S/C17H27N3O4S/c1-17(2)13-19(10-11-24-17)25(21,22)20-9-8-18-12-15(20)14-6-4-5-7-16(14)23-3/h4-7,15,18H,8-13H2,1-3H3. The number of morpholine rings is 1.